The Morgan fingerprint density at radius 2 is 2.11 bits per heavy atom. The molecule has 0 heterocycles. The minimum absolute atomic E-state index is 1.01. The minimum atomic E-state index is 1.01. The number of rotatable bonds is 3. The molecule has 50 valence electrons. The molecule has 0 saturated heterocycles. The fourth-order valence-electron chi connectivity index (χ4n) is 0.307. The van der Waals surface area contributed by atoms with E-state index in [2.05, 4.69) is 26.2 Å². The van der Waals surface area contributed by atoms with Crippen molar-refractivity contribution in [3.63, 3.8) is 0 Å². The van der Waals surface area contributed by atoms with Crippen LogP contribution in [0, 0.1) is 0 Å². The van der Waals surface area contributed by atoms with Crippen molar-refractivity contribution in [3.05, 3.63) is 35.1 Å². The van der Waals surface area contributed by atoms with Crippen LogP contribution in [0.25, 0.3) is 0 Å². The standard InChI is InChI=1S/C8H12S/c1-5-7(3)9-8(4)6-2/h5-6H,1,3H2,2,4H3/b8-6+. The van der Waals surface area contributed by atoms with Gasteiger partial charge >= 0.3 is 0 Å². The van der Waals surface area contributed by atoms with Crippen molar-refractivity contribution in [1.29, 1.82) is 0 Å². The first-order valence-corrected chi connectivity index (χ1v) is 3.64. The molecule has 1 heteroatoms. The van der Waals surface area contributed by atoms with Crippen LogP contribution < -0.4 is 0 Å². The highest BCUT2D eigenvalue weighted by Gasteiger charge is 1.88. The normalized spacial score (nSPS) is 11.1. The molecule has 0 bridgehead atoms. The molecule has 0 saturated carbocycles. The second-order valence-electron chi connectivity index (χ2n) is 1.67. The van der Waals surface area contributed by atoms with E-state index in [-0.39, 0.29) is 0 Å². The van der Waals surface area contributed by atoms with Gasteiger partial charge in [0.15, 0.2) is 0 Å². The van der Waals surface area contributed by atoms with Gasteiger partial charge in [0.05, 0.1) is 0 Å². The largest absolute Gasteiger partial charge is 0.0980 e. The van der Waals surface area contributed by atoms with Crippen LogP contribution in [0.5, 0.6) is 0 Å². The van der Waals surface area contributed by atoms with E-state index in [9.17, 15) is 0 Å². The molecule has 0 unspecified atom stereocenters. The van der Waals surface area contributed by atoms with E-state index in [0.29, 0.717) is 0 Å². The van der Waals surface area contributed by atoms with Gasteiger partial charge in [-0.1, -0.05) is 37.1 Å². The molecule has 0 aromatic heterocycles. The lowest BCUT2D eigenvalue weighted by atomic mass is 10.6. The van der Waals surface area contributed by atoms with E-state index in [4.69, 9.17) is 0 Å². The average Bonchev–Trinajstić information content (AvgIpc) is 1.87. The summed E-state index contributed by atoms with van der Waals surface area (Å²) in [6.07, 6.45) is 3.82. The van der Waals surface area contributed by atoms with E-state index < -0.39 is 0 Å². The molecule has 0 fully saturated rings. The SMILES string of the molecule is C=CC(=C)S/C(C)=C/C. The topological polar surface area (TPSA) is 0 Å². The fourth-order valence-corrected chi connectivity index (χ4v) is 0.922. The van der Waals surface area contributed by atoms with Crippen LogP contribution in [0.4, 0.5) is 0 Å². The van der Waals surface area contributed by atoms with Crippen molar-refractivity contribution in [2.24, 2.45) is 0 Å². The molecule has 0 N–H and O–H groups in total. The Balaban J connectivity index is 3.74. The van der Waals surface area contributed by atoms with Crippen LogP contribution >= 0.6 is 11.8 Å². The maximum absolute atomic E-state index is 3.77. The second-order valence-corrected chi connectivity index (χ2v) is 3.04. The zero-order valence-corrected chi connectivity index (χ0v) is 6.79. The van der Waals surface area contributed by atoms with Crippen LogP contribution in [0.2, 0.25) is 0 Å². The van der Waals surface area contributed by atoms with Crippen LogP contribution in [-0.2, 0) is 0 Å². The van der Waals surface area contributed by atoms with E-state index in [1.54, 1.807) is 17.8 Å². The first kappa shape index (κ1) is 8.57. The Hall–Kier alpha value is -0.430. The molecule has 0 aliphatic heterocycles. The van der Waals surface area contributed by atoms with Gasteiger partial charge in [-0.25, -0.2) is 0 Å². The van der Waals surface area contributed by atoms with E-state index in [1.165, 1.54) is 4.91 Å². The third-order valence-corrected chi connectivity index (χ3v) is 1.91. The van der Waals surface area contributed by atoms with Crippen LogP contribution in [0.15, 0.2) is 35.1 Å². The van der Waals surface area contributed by atoms with Crippen molar-refractivity contribution in [2.45, 2.75) is 13.8 Å². The highest BCUT2D eigenvalue weighted by atomic mass is 32.2. The molecule has 0 aromatic carbocycles. The summed E-state index contributed by atoms with van der Waals surface area (Å²) in [6, 6.07) is 0. The number of thioether (sulfide) groups is 1. The Bertz CT molecular complexity index is 143. The number of hydrogen-bond donors (Lipinski definition) is 0. The fraction of sp³-hybridized carbons (Fsp3) is 0.250. The molecule has 0 nitrogen and oxygen atoms in total. The maximum Gasteiger partial charge on any atom is 0.00406 e. The van der Waals surface area contributed by atoms with Crippen LogP contribution in [-0.4, -0.2) is 0 Å². The predicted octanol–water partition coefficient (Wildman–Crippen LogP) is 3.34. The van der Waals surface area contributed by atoms with E-state index in [0.717, 1.165) is 4.91 Å². The zero-order chi connectivity index (χ0) is 7.28. The number of allylic oxidation sites excluding steroid dienone is 3. The summed E-state index contributed by atoms with van der Waals surface area (Å²) in [5, 5.41) is 0. The van der Waals surface area contributed by atoms with Gasteiger partial charge in [-0.3, -0.25) is 0 Å². The van der Waals surface area contributed by atoms with Gasteiger partial charge in [-0.15, -0.1) is 0 Å². The van der Waals surface area contributed by atoms with Gasteiger partial charge in [-0.2, -0.15) is 0 Å². The highest BCUT2D eigenvalue weighted by molar-refractivity contribution is 8.06. The summed E-state index contributed by atoms with van der Waals surface area (Å²) in [7, 11) is 0. The summed E-state index contributed by atoms with van der Waals surface area (Å²) in [4.78, 5) is 2.27. The quantitative estimate of drug-likeness (QED) is 0.542. The van der Waals surface area contributed by atoms with Crippen LogP contribution in [0.1, 0.15) is 13.8 Å². The molecule has 0 spiro atoms. The van der Waals surface area contributed by atoms with Crippen molar-refractivity contribution >= 4 is 11.8 Å². The minimum Gasteiger partial charge on any atom is -0.0980 e. The summed E-state index contributed by atoms with van der Waals surface area (Å²) in [5.74, 6) is 0. The lowest BCUT2D eigenvalue weighted by Gasteiger charge is -1.96. The van der Waals surface area contributed by atoms with Crippen molar-refractivity contribution in [1.82, 2.24) is 0 Å². The molecule has 0 aliphatic carbocycles. The predicted molar refractivity (Wildman–Crippen MR) is 46.4 cm³/mol. The van der Waals surface area contributed by atoms with Gasteiger partial charge in [-0.05, 0) is 18.8 Å². The van der Waals surface area contributed by atoms with Gasteiger partial charge in [0, 0.05) is 4.91 Å². The van der Waals surface area contributed by atoms with Crippen molar-refractivity contribution in [3.8, 4) is 0 Å². The molecule has 0 atom stereocenters. The Kier molecular flexibility index (Phi) is 4.24. The second kappa shape index (κ2) is 4.45. The molecular formula is C8H12S. The third kappa shape index (κ3) is 4.10. The average molecular weight is 140 g/mol. The van der Waals surface area contributed by atoms with Gasteiger partial charge in [0.1, 0.15) is 0 Å². The monoisotopic (exact) mass is 140 g/mol. The number of hydrogen-bond acceptors (Lipinski definition) is 1. The van der Waals surface area contributed by atoms with Gasteiger partial charge < -0.3 is 0 Å². The molecule has 9 heavy (non-hydrogen) atoms. The molecular weight excluding hydrogens is 128 g/mol. The van der Waals surface area contributed by atoms with E-state index in [1.807, 2.05) is 6.92 Å². The van der Waals surface area contributed by atoms with Crippen molar-refractivity contribution < 1.29 is 0 Å². The molecule has 0 radical (unpaired) electrons. The van der Waals surface area contributed by atoms with Crippen LogP contribution in [0.3, 0.4) is 0 Å². The Morgan fingerprint density at radius 3 is 2.44 bits per heavy atom. The van der Waals surface area contributed by atoms with Gasteiger partial charge in [0.25, 0.3) is 0 Å². The first-order chi connectivity index (χ1) is 4.20. The lowest BCUT2D eigenvalue weighted by Crippen LogP contribution is -1.65. The van der Waals surface area contributed by atoms with Gasteiger partial charge in [0.2, 0.25) is 0 Å². The van der Waals surface area contributed by atoms with Crippen molar-refractivity contribution in [2.75, 3.05) is 0 Å². The lowest BCUT2D eigenvalue weighted by molar-refractivity contribution is 1.60. The maximum atomic E-state index is 3.77. The Morgan fingerprint density at radius 1 is 1.56 bits per heavy atom. The smallest absolute Gasteiger partial charge is 0.00406 e. The van der Waals surface area contributed by atoms with E-state index >= 15 is 0 Å². The first-order valence-electron chi connectivity index (χ1n) is 2.82. The Labute approximate surface area is 61.3 Å². The zero-order valence-electron chi connectivity index (χ0n) is 5.98. The summed E-state index contributed by atoms with van der Waals surface area (Å²) >= 11 is 1.65. The summed E-state index contributed by atoms with van der Waals surface area (Å²) in [5.41, 5.74) is 0. The summed E-state index contributed by atoms with van der Waals surface area (Å²) in [6.45, 7) is 11.4. The third-order valence-electron chi connectivity index (χ3n) is 0.926. The highest BCUT2D eigenvalue weighted by Crippen LogP contribution is 2.22. The molecule has 0 aromatic rings. The molecule has 0 rings (SSSR count). The summed E-state index contributed by atoms with van der Waals surface area (Å²) < 4.78 is 0. The molecule has 0 amide bonds. The molecule has 0 aliphatic rings.